The summed E-state index contributed by atoms with van der Waals surface area (Å²) >= 11 is 0. The minimum atomic E-state index is -3.75. The number of piperidine rings is 1. The molecule has 2 N–H and O–H groups in total. The van der Waals surface area contributed by atoms with E-state index < -0.39 is 40.5 Å². The molecule has 1 aliphatic heterocycles. The summed E-state index contributed by atoms with van der Waals surface area (Å²) in [6.45, 7) is -0.295. The van der Waals surface area contributed by atoms with E-state index in [1.165, 1.54) is 23.5 Å². The zero-order chi connectivity index (χ0) is 20.0. The van der Waals surface area contributed by atoms with Crippen LogP contribution < -0.4 is 10.1 Å². The average Bonchev–Trinajstić information content (AvgIpc) is 2.71. The third-order valence-electron chi connectivity index (χ3n) is 4.44. The number of ether oxygens (including phenoxy) is 2. The summed E-state index contributed by atoms with van der Waals surface area (Å²) in [7, 11) is -1.11. The highest BCUT2D eigenvalue weighted by atomic mass is 32.2. The molecule has 27 heavy (non-hydrogen) atoms. The van der Waals surface area contributed by atoms with Crippen molar-refractivity contribution in [2.75, 3.05) is 33.9 Å². The monoisotopic (exact) mass is 400 g/mol. The Kier molecular flexibility index (Phi) is 7.17. The van der Waals surface area contributed by atoms with Crippen LogP contribution in [0.3, 0.4) is 0 Å². The Balaban J connectivity index is 2.09. The van der Waals surface area contributed by atoms with Crippen molar-refractivity contribution in [1.29, 1.82) is 0 Å². The number of sulfonamides is 1. The van der Waals surface area contributed by atoms with E-state index in [9.17, 15) is 23.1 Å². The minimum Gasteiger partial charge on any atom is -0.497 e. The Morgan fingerprint density at radius 2 is 1.96 bits per heavy atom. The summed E-state index contributed by atoms with van der Waals surface area (Å²) in [6, 6.07) is 4.86. The predicted octanol–water partition coefficient (Wildman–Crippen LogP) is -0.254. The molecule has 0 spiro atoms. The van der Waals surface area contributed by atoms with Gasteiger partial charge in [-0.15, -0.1) is 0 Å². The number of carbonyl (C=O) groups excluding carboxylic acids is 2. The number of nitrogens with zero attached hydrogens (tertiary/aromatic N) is 1. The fourth-order valence-electron chi connectivity index (χ4n) is 2.88. The van der Waals surface area contributed by atoms with Gasteiger partial charge in [0, 0.05) is 13.1 Å². The number of aliphatic hydroxyl groups is 1. The van der Waals surface area contributed by atoms with Crippen LogP contribution >= 0.6 is 0 Å². The normalized spacial score (nSPS) is 19.1. The molecule has 2 atom stereocenters. The fraction of sp³-hybridized carbons (Fsp3) is 0.529. The van der Waals surface area contributed by atoms with Gasteiger partial charge in [-0.2, -0.15) is 4.31 Å². The summed E-state index contributed by atoms with van der Waals surface area (Å²) in [5, 5.41) is 11.6. The molecular weight excluding hydrogens is 376 g/mol. The number of benzene rings is 1. The molecule has 1 amide bonds. The molecule has 0 radical (unpaired) electrons. The van der Waals surface area contributed by atoms with Crippen LogP contribution in [0.1, 0.15) is 12.8 Å². The second-order valence-electron chi connectivity index (χ2n) is 6.14. The molecule has 10 heteroatoms. The van der Waals surface area contributed by atoms with Gasteiger partial charge in [-0.3, -0.25) is 4.79 Å². The van der Waals surface area contributed by atoms with Crippen LogP contribution in [0.2, 0.25) is 0 Å². The van der Waals surface area contributed by atoms with Gasteiger partial charge in [0.05, 0.1) is 31.6 Å². The van der Waals surface area contributed by atoms with Gasteiger partial charge >= 0.3 is 5.97 Å². The number of rotatable bonds is 7. The van der Waals surface area contributed by atoms with Crippen molar-refractivity contribution in [3.63, 3.8) is 0 Å². The maximum Gasteiger partial charge on any atom is 0.330 e. The first kappa shape index (κ1) is 21.1. The molecule has 2 rings (SSSR count). The third-order valence-corrected chi connectivity index (χ3v) is 6.32. The first-order chi connectivity index (χ1) is 12.8. The zero-order valence-corrected chi connectivity index (χ0v) is 16.1. The smallest absolute Gasteiger partial charge is 0.330 e. The van der Waals surface area contributed by atoms with E-state index in [4.69, 9.17) is 4.74 Å². The molecular formula is C17H24N2O7S. The van der Waals surface area contributed by atoms with Crippen LogP contribution in [0.25, 0.3) is 0 Å². The van der Waals surface area contributed by atoms with Gasteiger partial charge in [0.2, 0.25) is 15.9 Å². The molecule has 0 aliphatic carbocycles. The number of esters is 1. The van der Waals surface area contributed by atoms with E-state index in [2.05, 4.69) is 10.1 Å². The van der Waals surface area contributed by atoms with Crippen molar-refractivity contribution < 1.29 is 32.6 Å². The van der Waals surface area contributed by atoms with Crippen LogP contribution in [0.4, 0.5) is 0 Å². The molecule has 1 aromatic rings. The molecule has 1 saturated heterocycles. The van der Waals surface area contributed by atoms with Gasteiger partial charge in [-0.25, -0.2) is 13.2 Å². The summed E-state index contributed by atoms with van der Waals surface area (Å²) < 4.78 is 36.5. The summed E-state index contributed by atoms with van der Waals surface area (Å²) in [4.78, 5) is 24.0. The molecule has 1 aliphatic rings. The fourth-order valence-corrected chi connectivity index (χ4v) is 4.41. The standard InChI is InChI=1S/C17H24N2O7S/c1-25-13-5-7-14(8-6-13)27(23,24)19-9-3-4-12(10-19)16(21)18-15(11-20)17(22)26-2/h5-8,12,15,20H,3-4,9-11H2,1-2H3,(H,18,21)/t12-,15-/m0/s1. The van der Waals surface area contributed by atoms with E-state index in [0.29, 0.717) is 25.1 Å². The molecule has 1 fully saturated rings. The van der Waals surface area contributed by atoms with E-state index >= 15 is 0 Å². The van der Waals surface area contributed by atoms with Crippen LogP contribution in [0, 0.1) is 5.92 Å². The lowest BCUT2D eigenvalue weighted by Crippen LogP contribution is -2.50. The first-order valence-electron chi connectivity index (χ1n) is 8.46. The van der Waals surface area contributed by atoms with Gasteiger partial charge < -0.3 is 19.9 Å². The Morgan fingerprint density at radius 3 is 2.52 bits per heavy atom. The molecule has 150 valence electrons. The van der Waals surface area contributed by atoms with Crippen molar-refractivity contribution in [3.05, 3.63) is 24.3 Å². The first-order valence-corrected chi connectivity index (χ1v) is 9.90. The summed E-state index contributed by atoms with van der Waals surface area (Å²) in [5.41, 5.74) is 0. The van der Waals surface area contributed by atoms with E-state index in [0.717, 1.165) is 7.11 Å². The number of methoxy groups -OCH3 is 2. The number of nitrogens with one attached hydrogen (secondary N) is 1. The van der Waals surface area contributed by atoms with Gasteiger partial charge in [0.15, 0.2) is 6.04 Å². The molecule has 0 bridgehead atoms. The molecule has 0 unspecified atom stereocenters. The van der Waals surface area contributed by atoms with Crippen LogP contribution in [0.15, 0.2) is 29.2 Å². The number of aliphatic hydroxyl groups excluding tert-OH is 1. The van der Waals surface area contributed by atoms with Crippen molar-refractivity contribution in [3.8, 4) is 5.75 Å². The highest BCUT2D eigenvalue weighted by Gasteiger charge is 2.34. The lowest BCUT2D eigenvalue weighted by atomic mass is 9.98. The van der Waals surface area contributed by atoms with Crippen LogP contribution in [-0.4, -0.2) is 69.7 Å². The summed E-state index contributed by atoms with van der Waals surface area (Å²) in [5.74, 6) is -1.33. The lowest BCUT2D eigenvalue weighted by molar-refractivity contribution is -0.146. The minimum absolute atomic E-state index is 0.000479. The van der Waals surface area contributed by atoms with E-state index in [1.807, 2.05) is 0 Å². The van der Waals surface area contributed by atoms with Gasteiger partial charge in [-0.1, -0.05) is 0 Å². The average molecular weight is 400 g/mol. The Morgan fingerprint density at radius 1 is 1.30 bits per heavy atom. The number of carbonyl (C=O) groups is 2. The Labute approximate surface area is 158 Å². The van der Waals surface area contributed by atoms with Crippen LogP contribution in [0.5, 0.6) is 5.75 Å². The summed E-state index contributed by atoms with van der Waals surface area (Å²) in [6.07, 6.45) is 0.995. The largest absolute Gasteiger partial charge is 0.497 e. The van der Waals surface area contributed by atoms with Crippen molar-refractivity contribution in [1.82, 2.24) is 9.62 Å². The SMILES string of the molecule is COC(=O)[C@H](CO)NC(=O)[C@H]1CCCN(S(=O)(=O)c2ccc(OC)cc2)C1. The van der Waals surface area contributed by atoms with Crippen molar-refractivity contribution >= 4 is 21.9 Å². The maximum absolute atomic E-state index is 12.8. The molecule has 9 nitrogen and oxygen atoms in total. The molecule has 1 aromatic carbocycles. The number of hydrogen-bond acceptors (Lipinski definition) is 7. The second-order valence-corrected chi connectivity index (χ2v) is 8.08. The zero-order valence-electron chi connectivity index (χ0n) is 15.3. The lowest BCUT2D eigenvalue weighted by Gasteiger charge is -2.31. The quantitative estimate of drug-likeness (QED) is 0.605. The van der Waals surface area contributed by atoms with Crippen LogP contribution in [-0.2, 0) is 24.3 Å². The van der Waals surface area contributed by atoms with Crippen molar-refractivity contribution in [2.24, 2.45) is 5.92 Å². The maximum atomic E-state index is 12.8. The second kappa shape index (κ2) is 9.16. The molecule has 0 aromatic heterocycles. The van der Waals surface area contributed by atoms with Gasteiger partial charge in [-0.05, 0) is 37.1 Å². The highest BCUT2D eigenvalue weighted by molar-refractivity contribution is 7.89. The molecule has 0 saturated carbocycles. The predicted molar refractivity (Wildman–Crippen MR) is 95.5 cm³/mol. The number of amides is 1. The van der Waals surface area contributed by atoms with Gasteiger partial charge in [0.25, 0.3) is 0 Å². The van der Waals surface area contributed by atoms with Gasteiger partial charge in [0.1, 0.15) is 5.75 Å². The Bertz CT molecular complexity index is 764. The number of hydrogen-bond donors (Lipinski definition) is 2. The highest BCUT2D eigenvalue weighted by Crippen LogP contribution is 2.25. The topological polar surface area (TPSA) is 122 Å². The Hall–Kier alpha value is -2.17. The molecule has 1 heterocycles. The third kappa shape index (κ3) is 4.96. The van der Waals surface area contributed by atoms with E-state index in [-0.39, 0.29) is 11.4 Å². The van der Waals surface area contributed by atoms with E-state index in [1.54, 1.807) is 12.1 Å². The van der Waals surface area contributed by atoms with Crippen molar-refractivity contribution in [2.45, 2.75) is 23.8 Å².